The summed E-state index contributed by atoms with van der Waals surface area (Å²) in [6.45, 7) is 7.48. The number of fused-ring (bicyclic) bond motifs is 1. The van der Waals surface area contributed by atoms with Crippen molar-refractivity contribution in [3.05, 3.63) is 35.4 Å². The number of hydrogen-bond acceptors (Lipinski definition) is 8. The molecule has 8 nitrogen and oxygen atoms in total. The van der Waals surface area contributed by atoms with Crippen LogP contribution in [0.4, 0.5) is 10.2 Å². The van der Waals surface area contributed by atoms with Gasteiger partial charge in [-0.2, -0.15) is 0 Å². The van der Waals surface area contributed by atoms with Gasteiger partial charge in [-0.25, -0.2) is 19.3 Å². The van der Waals surface area contributed by atoms with Gasteiger partial charge in [0, 0.05) is 19.6 Å². The minimum absolute atomic E-state index is 0.0374. The molecule has 10 heteroatoms. The summed E-state index contributed by atoms with van der Waals surface area (Å²) in [7, 11) is 0. The summed E-state index contributed by atoms with van der Waals surface area (Å²) in [5, 5.41) is 9.44. The summed E-state index contributed by atoms with van der Waals surface area (Å²) in [4.78, 5) is 25.7. The summed E-state index contributed by atoms with van der Waals surface area (Å²) >= 11 is 1.22. The highest BCUT2D eigenvalue weighted by atomic mass is 32.1. The van der Waals surface area contributed by atoms with Crippen molar-refractivity contribution >= 4 is 33.4 Å². The van der Waals surface area contributed by atoms with E-state index in [9.17, 15) is 9.18 Å². The average Bonchev–Trinajstić information content (AvgIpc) is 3.06. The van der Waals surface area contributed by atoms with Gasteiger partial charge < -0.3 is 20.7 Å². The normalized spacial score (nSPS) is 16.4. The Morgan fingerprint density at radius 2 is 2.21 bits per heavy atom. The number of hydrogen-bond donors (Lipinski definition) is 3. The number of thiazole rings is 1. The third kappa shape index (κ3) is 6.02. The molecule has 3 heterocycles. The molecule has 1 unspecified atom stereocenters. The summed E-state index contributed by atoms with van der Waals surface area (Å²) in [6, 6.07) is 0.139. The number of amides is 1. The first kappa shape index (κ1) is 21.3. The van der Waals surface area contributed by atoms with E-state index in [0.29, 0.717) is 27.7 Å². The third-order valence-corrected chi connectivity index (χ3v) is 5.01. The molecule has 1 aliphatic rings. The second-order valence-electron chi connectivity index (χ2n) is 6.95. The lowest BCUT2D eigenvalue weighted by molar-refractivity contribution is 0.0452. The van der Waals surface area contributed by atoms with Gasteiger partial charge in [0.05, 0.1) is 18.2 Å². The summed E-state index contributed by atoms with van der Waals surface area (Å²) in [5.74, 6) is -0.0812. The number of carbonyl (C=O) groups is 1. The van der Waals surface area contributed by atoms with Crippen LogP contribution in [-0.2, 0) is 4.74 Å². The van der Waals surface area contributed by atoms with Crippen LogP contribution in [0.5, 0.6) is 0 Å². The molecule has 29 heavy (non-hydrogen) atoms. The van der Waals surface area contributed by atoms with Crippen LogP contribution in [0.15, 0.2) is 30.4 Å². The Morgan fingerprint density at radius 3 is 2.90 bits per heavy atom. The van der Waals surface area contributed by atoms with Gasteiger partial charge >= 0.3 is 0 Å². The maximum atomic E-state index is 13.9. The Bertz CT molecular complexity index is 909. The Hall–Kier alpha value is -2.43. The van der Waals surface area contributed by atoms with Crippen LogP contribution in [0.2, 0.25) is 0 Å². The number of rotatable bonds is 9. The van der Waals surface area contributed by atoms with E-state index >= 15 is 0 Å². The van der Waals surface area contributed by atoms with E-state index in [-0.39, 0.29) is 30.0 Å². The molecule has 2 aromatic heterocycles. The molecule has 1 aliphatic heterocycles. The van der Waals surface area contributed by atoms with E-state index in [4.69, 9.17) is 4.74 Å². The summed E-state index contributed by atoms with van der Waals surface area (Å²) < 4.78 is 19.4. The zero-order valence-electron chi connectivity index (χ0n) is 16.6. The largest absolute Gasteiger partial charge is 0.372 e. The van der Waals surface area contributed by atoms with Gasteiger partial charge in [0.25, 0.3) is 5.91 Å². The Labute approximate surface area is 172 Å². The number of ether oxygens (including phenoxy) is 1. The molecule has 0 aliphatic carbocycles. The highest BCUT2D eigenvalue weighted by Crippen LogP contribution is 2.24. The number of aromatic nitrogens is 3. The molecule has 0 spiro atoms. The zero-order valence-corrected chi connectivity index (χ0v) is 17.4. The van der Waals surface area contributed by atoms with Crippen LogP contribution < -0.4 is 16.0 Å². The van der Waals surface area contributed by atoms with Crippen molar-refractivity contribution in [2.75, 3.05) is 25.0 Å². The number of halogens is 1. The van der Waals surface area contributed by atoms with Gasteiger partial charge in [0.2, 0.25) is 0 Å². The Kier molecular flexibility index (Phi) is 7.24. The molecule has 2 aromatic rings. The molecule has 0 radical (unpaired) electrons. The molecule has 3 rings (SSSR count). The molecule has 1 fully saturated rings. The van der Waals surface area contributed by atoms with Gasteiger partial charge in [-0.3, -0.25) is 4.79 Å². The third-order valence-electron chi connectivity index (χ3n) is 4.05. The molecule has 3 N–H and O–H groups in total. The topological polar surface area (TPSA) is 101 Å². The molecule has 0 aromatic carbocycles. The predicted octanol–water partition coefficient (Wildman–Crippen LogP) is 2.42. The van der Waals surface area contributed by atoms with Gasteiger partial charge in [-0.1, -0.05) is 17.4 Å². The molecular weight excluding hydrogens is 395 g/mol. The Morgan fingerprint density at radius 1 is 1.41 bits per heavy atom. The second kappa shape index (κ2) is 9.86. The number of anilines is 1. The van der Waals surface area contributed by atoms with Crippen molar-refractivity contribution in [2.45, 2.75) is 39.0 Å². The van der Waals surface area contributed by atoms with E-state index in [1.54, 1.807) is 13.0 Å². The SMILES string of the molecule is CC(C)OC(C)/C=C(F)\C=C/CNc1ncnc2sc(C(=O)NC3CNC3)nc12. The van der Waals surface area contributed by atoms with Gasteiger partial charge in [-0.05, 0) is 32.9 Å². The zero-order chi connectivity index (χ0) is 20.8. The standard InChI is InChI=1S/C19H25FN6O2S/c1-11(2)28-12(3)7-13(20)5-4-6-22-16-15-18(24-10-23-16)29-19(26-15)17(27)25-14-8-21-9-14/h4-5,7,10-12,14,21H,6,8-9H2,1-3H3,(H,25,27)(H,22,23,24)/b5-4-,13-7+. The van der Waals surface area contributed by atoms with Crippen molar-refractivity contribution in [1.82, 2.24) is 25.6 Å². The predicted molar refractivity (Wildman–Crippen MR) is 112 cm³/mol. The van der Waals surface area contributed by atoms with Crippen LogP contribution >= 0.6 is 11.3 Å². The number of carbonyl (C=O) groups excluding carboxylic acids is 1. The Balaban J connectivity index is 1.60. The van der Waals surface area contributed by atoms with Crippen LogP contribution in [0, 0.1) is 0 Å². The number of nitrogens with one attached hydrogen (secondary N) is 3. The van der Waals surface area contributed by atoms with Gasteiger partial charge in [-0.15, -0.1) is 0 Å². The van der Waals surface area contributed by atoms with Crippen LogP contribution in [-0.4, -0.2) is 58.7 Å². The first-order chi connectivity index (χ1) is 13.9. The fourth-order valence-electron chi connectivity index (χ4n) is 2.69. The quantitative estimate of drug-likeness (QED) is 0.536. The van der Waals surface area contributed by atoms with Crippen molar-refractivity contribution in [1.29, 1.82) is 0 Å². The molecule has 0 bridgehead atoms. The first-order valence-corrected chi connectivity index (χ1v) is 10.3. The van der Waals surface area contributed by atoms with E-state index in [1.165, 1.54) is 29.8 Å². The summed E-state index contributed by atoms with van der Waals surface area (Å²) in [6.07, 6.45) is 5.58. The lowest BCUT2D eigenvalue weighted by Crippen LogP contribution is -2.56. The van der Waals surface area contributed by atoms with Crippen molar-refractivity contribution < 1.29 is 13.9 Å². The van der Waals surface area contributed by atoms with E-state index < -0.39 is 0 Å². The van der Waals surface area contributed by atoms with Gasteiger partial charge in [0.15, 0.2) is 10.8 Å². The van der Waals surface area contributed by atoms with Crippen molar-refractivity contribution in [2.24, 2.45) is 0 Å². The summed E-state index contributed by atoms with van der Waals surface area (Å²) in [5.41, 5.74) is 0.526. The van der Waals surface area contributed by atoms with E-state index in [1.807, 2.05) is 13.8 Å². The molecule has 1 amide bonds. The van der Waals surface area contributed by atoms with Crippen LogP contribution in [0.1, 0.15) is 30.6 Å². The highest BCUT2D eigenvalue weighted by Gasteiger charge is 2.22. The minimum Gasteiger partial charge on any atom is -0.372 e. The smallest absolute Gasteiger partial charge is 0.280 e. The lowest BCUT2D eigenvalue weighted by atomic mass is 10.2. The van der Waals surface area contributed by atoms with E-state index in [2.05, 4.69) is 30.9 Å². The number of nitrogens with zero attached hydrogens (tertiary/aromatic N) is 3. The van der Waals surface area contributed by atoms with E-state index in [0.717, 1.165) is 13.1 Å². The average molecular weight is 421 g/mol. The highest BCUT2D eigenvalue weighted by molar-refractivity contribution is 7.19. The molecule has 1 atom stereocenters. The lowest BCUT2D eigenvalue weighted by Gasteiger charge is -2.27. The number of allylic oxidation sites excluding steroid dienone is 2. The fourth-order valence-corrected chi connectivity index (χ4v) is 3.50. The monoisotopic (exact) mass is 420 g/mol. The van der Waals surface area contributed by atoms with Gasteiger partial charge in [0.1, 0.15) is 22.5 Å². The van der Waals surface area contributed by atoms with Crippen LogP contribution in [0.3, 0.4) is 0 Å². The van der Waals surface area contributed by atoms with Crippen LogP contribution in [0.25, 0.3) is 10.3 Å². The van der Waals surface area contributed by atoms with Crippen molar-refractivity contribution in [3.8, 4) is 0 Å². The molecule has 0 saturated carbocycles. The first-order valence-electron chi connectivity index (χ1n) is 9.48. The van der Waals surface area contributed by atoms with Crippen molar-refractivity contribution in [3.63, 3.8) is 0 Å². The second-order valence-corrected chi connectivity index (χ2v) is 7.93. The fraction of sp³-hybridized carbons (Fsp3) is 0.474. The molecule has 156 valence electrons. The minimum atomic E-state index is -0.370. The maximum absolute atomic E-state index is 13.9. The maximum Gasteiger partial charge on any atom is 0.280 e. The molecule has 1 saturated heterocycles. The molecular formula is C19H25FN6O2S.